The first-order valence-electron chi connectivity index (χ1n) is 13.5. The number of primary amides is 3. The van der Waals surface area contributed by atoms with Crippen LogP contribution in [0.15, 0.2) is 68.6 Å². The number of aliphatic carboxylic acids is 1. The van der Waals surface area contributed by atoms with Crippen molar-refractivity contribution < 1.29 is 60.9 Å². The molecule has 0 bridgehead atoms. The second kappa shape index (κ2) is 22.9. The summed E-state index contributed by atoms with van der Waals surface area (Å²) in [4.78, 5) is 63.9. The Balaban J connectivity index is 0.000000709. The van der Waals surface area contributed by atoms with Gasteiger partial charge in [-0.2, -0.15) is 28.5 Å². The van der Waals surface area contributed by atoms with Gasteiger partial charge in [0.05, 0.1) is 56.4 Å². The monoisotopic (exact) mass is 701 g/mol. The normalized spacial score (nSPS) is 11.3. The first-order valence-corrected chi connectivity index (χ1v) is 13.5. The molecule has 0 fully saturated rings. The zero-order valence-corrected chi connectivity index (χ0v) is 26.0. The number of rotatable bonds is 13. The van der Waals surface area contributed by atoms with Crippen LogP contribution in [-0.4, -0.2) is 77.6 Å². The lowest BCUT2D eigenvalue weighted by Gasteiger charge is -2.09. The fourth-order valence-electron chi connectivity index (χ4n) is 2.88. The van der Waals surface area contributed by atoms with Gasteiger partial charge in [0, 0.05) is 5.56 Å². The van der Waals surface area contributed by atoms with Gasteiger partial charge < -0.3 is 36.2 Å². The summed E-state index contributed by atoms with van der Waals surface area (Å²) < 4.78 is 50.6. The number of halogens is 3. The van der Waals surface area contributed by atoms with Crippen LogP contribution in [0.2, 0.25) is 0 Å². The SMILES string of the molecule is CCOC(=O)C/C(=N\NC(N)=O)C(F)(F)F.CCOC(=O)C/C(=N\NC(N)=O)c1ccccc1.NC(=O)N/N=C(/CC(=O)O)c1ccoc1. The van der Waals surface area contributed by atoms with Gasteiger partial charge in [-0.05, 0) is 25.5 Å². The minimum atomic E-state index is -4.84. The quantitative estimate of drug-likeness (QED) is 0.0900. The summed E-state index contributed by atoms with van der Waals surface area (Å²) >= 11 is 0. The standard InChI is InChI=1S/C12H15N3O3.C8H9N3O4.C7H10F3N3O3/c1-2-18-11(16)8-10(14-15-12(13)17)9-6-4-3-5-7-9;9-8(14)11-10-6(3-7(12)13)5-1-2-15-4-5;1-2-16-5(14)3-4(7(8,9)10)12-13-6(11)15/h3-7H,2,8H2,1H3,(H3,13,15,17);1-2,4H,3H2,(H,12,13)(H3,9,11,14);2-3H2,1H3,(H3,11,13,15)/b14-10+;10-6-;12-4+. The van der Waals surface area contributed by atoms with Crippen molar-refractivity contribution in [3.05, 3.63) is 60.1 Å². The van der Waals surface area contributed by atoms with Gasteiger partial charge in [-0.15, -0.1) is 0 Å². The molecule has 2 aromatic rings. The second-order valence-electron chi connectivity index (χ2n) is 8.51. The number of hydrazone groups is 3. The molecule has 22 heteroatoms. The van der Waals surface area contributed by atoms with E-state index in [4.69, 9.17) is 25.7 Å². The Bertz CT molecular complexity index is 1480. The number of nitrogens with zero attached hydrogens (tertiary/aromatic N) is 3. The molecule has 0 unspecified atom stereocenters. The third kappa shape index (κ3) is 21.0. The maximum absolute atomic E-state index is 12.2. The lowest BCUT2D eigenvalue weighted by molar-refractivity contribution is -0.143. The number of hydrogen-bond acceptors (Lipinski definition) is 12. The lowest BCUT2D eigenvalue weighted by Crippen LogP contribution is -2.32. The lowest BCUT2D eigenvalue weighted by atomic mass is 10.1. The maximum atomic E-state index is 12.2. The van der Waals surface area contributed by atoms with E-state index in [1.807, 2.05) is 11.5 Å². The highest BCUT2D eigenvalue weighted by molar-refractivity contribution is 6.10. The van der Waals surface area contributed by atoms with Crippen LogP contribution in [0.1, 0.15) is 44.2 Å². The van der Waals surface area contributed by atoms with Crippen LogP contribution in [0.3, 0.4) is 0 Å². The number of carboxylic acid groups (broad SMARTS) is 1. The third-order valence-corrected chi connectivity index (χ3v) is 4.74. The number of ether oxygens (including phenoxy) is 2. The molecular weight excluding hydrogens is 667 g/mol. The van der Waals surface area contributed by atoms with Crippen molar-refractivity contribution in [1.82, 2.24) is 16.3 Å². The number of carbonyl (C=O) groups excluding carboxylic acids is 5. The molecule has 49 heavy (non-hydrogen) atoms. The van der Waals surface area contributed by atoms with Gasteiger partial charge in [-0.25, -0.2) is 30.7 Å². The van der Waals surface area contributed by atoms with Crippen LogP contribution >= 0.6 is 0 Å². The Morgan fingerprint density at radius 1 is 0.735 bits per heavy atom. The average molecular weight is 702 g/mol. The van der Waals surface area contributed by atoms with Crippen molar-refractivity contribution in [2.24, 2.45) is 32.5 Å². The number of carboxylic acids is 1. The number of carbonyl (C=O) groups is 6. The molecule has 0 radical (unpaired) electrons. The molecule has 10 N–H and O–H groups in total. The number of nitrogens with one attached hydrogen (secondary N) is 3. The van der Waals surface area contributed by atoms with Gasteiger partial charge in [0.2, 0.25) is 0 Å². The van der Waals surface area contributed by atoms with Crippen LogP contribution < -0.4 is 33.5 Å². The predicted molar refractivity (Wildman–Crippen MR) is 165 cm³/mol. The average Bonchev–Trinajstić information content (AvgIpc) is 3.55. The predicted octanol–water partition coefficient (Wildman–Crippen LogP) is 1.67. The second-order valence-corrected chi connectivity index (χ2v) is 8.51. The van der Waals surface area contributed by atoms with Crippen molar-refractivity contribution in [1.29, 1.82) is 0 Å². The molecule has 1 aromatic heterocycles. The molecule has 2 rings (SSSR count). The fraction of sp³-hybridized carbons (Fsp3) is 0.296. The van der Waals surface area contributed by atoms with E-state index >= 15 is 0 Å². The van der Waals surface area contributed by atoms with Crippen LogP contribution in [0.5, 0.6) is 0 Å². The molecule has 19 nitrogen and oxygen atoms in total. The Morgan fingerprint density at radius 3 is 1.61 bits per heavy atom. The van der Waals surface area contributed by atoms with E-state index in [2.05, 4.69) is 31.2 Å². The maximum Gasteiger partial charge on any atom is 0.431 e. The molecule has 0 aliphatic rings. The molecule has 6 amide bonds. The minimum absolute atomic E-state index is 0.0296. The number of hydrogen-bond donors (Lipinski definition) is 7. The summed E-state index contributed by atoms with van der Waals surface area (Å²) in [6.45, 7) is 3.42. The summed E-state index contributed by atoms with van der Waals surface area (Å²) in [6, 6.07) is 7.64. The molecule has 1 heterocycles. The van der Waals surface area contributed by atoms with Gasteiger partial charge in [0.25, 0.3) is 0 Å². The molecule has 0 spiro atoms. The highest BCUT2D eigenvalue weighted by Crippen LogP contribution is 2.19. The number of nitrogens with two attached hydrogens (primary N) is 3. The van der Waals surface area contributed by atoms with E-state index < -0.39 is 54.3 Å². The molecule has 0 aliphatic carbocycles. The fourth-order valence-corrected chi connectivity index (χ4v) is 2.88. The number of furan rings is 1. The van der Waals surface area contributed by atoms with Crippen LogP contribution in [0.4, 0.5) is 27.6 Å². The Hall–Kier alpha value is -6.48. The van der Waals surface area contributed by atoms with Gasteiger partial charge in [0.1, 0.15) is 0 Å². The van der Waals surface area contributed by atoms with Gasteiger partial charge in [0.15, 0.2) is 5.71 Å². The van der Waals surface area contributed by atoms with Gasteiger partial charge in [-0.1, -0.05) is 30.3 Å². The summed E-state index contributed by atoms with van der Waals surface area (Å²) in [6.07, 6.45) is -3.59. The highest BCUT2D eigenvalue weighted by Gasteiger charge is 2.37. The van der Waals surface area contributed by atoms with Gasteiger partial charge >= 0.3 is 42.2 Å². The molecular formula is C27H34F3N9O10. The van der Waals surface area contributed by atoms with Crippen molar-refractivity contribution >= 4 is 53.1 Å². The summed E-state index contributed by atoms with van der Waals surface area (Å²) in [5, 5.41) is 18.6. The van der Waals surface area contributed by atoms with E-state index in [-0.39, 0.29) is 25.2 Å². The number of urea groups is 3. The largest absolute Gasteiger partial charge is 0.481 e. The Morgan fingerprint density at radius 2 is 1.20 bits per heavy atom. The molecule has 1 aromatic carbocycles. The molecule has 268 valence electrons. The number of alkyl halides is 3. The Kier molecular flexibility index (Phi) is 19.9. The smallest absolute Gasteiger partial charge is 0.431 e. The highest BCUT2D eigenvalue weighted by atomic mass is 19.4. The first kappa shape index (κ1) is 42.5. The van der Waals surface area contributed by atoms with Crippen molar-refractivity contribution in [2.45, 2.75) is 39.3 Å². The van der Waals surface area contributed by atoms with E-state index in [0.717, 1.165) is 5.56 Å². The zero-order valence-electron chi connectivity index (χ0n) is 26.0. The third-order valence-electron chi connectivity index (χ3n) is 4.74. The zero-order chi connectivity index (χ0) is 37.4. The van der Waals surface area contributed by atoms with Crippen LogP contribution in [0, 0.1) is 0 Å². The summed E-state index contributed by atoms with van der Waals surface area (Å²) in [5.74, 6) is -2.57. The van der Waals surface area contributed by atoms with E-state index in [9.17, 15) is 41.9 Å². The molecule has 0 saturated carbocycles. The summed E-state index contributed by atoms with van der Waals surface area (Å²) in [5.41, 5.74) is 20.0. The molecule has 0 atom stereocenters. The minimum Gasteiger partial charge on any atom is -0.481 e. The number of esters is 2. The number of benzene rings is 1. The van der Waals surface area contributed by atoms with Crippen LogP contribution in [-0.2, 0) is 23.9 Å². The van der Waals surface area contributed by atoms with Crippen molar-refractivity contribution in [3.63, 3.8) is 0 Å². The topological polar surface area (TPSA) is 305 Å². The van der Waals surface area contributed by atoms with E-state index in [0.29, 0.717) is 17.9 Å². The van der Waals surface area contributed by atoms with E-state index in [1.54, 1.807) is 31.2 Å². The summed E-state index contributed by atoms with van der Waals surface area (Å²) in [7, 11) is 0. The number of amides is 6. The van der Waals surface area contributed by atoms with E-state index in [1.165, 1.54) is 30.9 Å². The van der Waals surface area contributed by atoms with Crippen molar-refractivity contribution in [3.8, 4) is 0 Å². The van der Waals surface area contributed by atoms with Crippen LogP contribution in [0.25, 0.3) is 0 Å². The first-order chi connectivity index (χ1) is 23.0. The van der Waals surface area contributed by atoms with Gasteiger partial charge in [-0.3, -0.25) is 14.4 Å². The van der Waals surface area contributed by atoms with Crippen molar-refractivity contribution in [2.75, 3.05) is 13.2 Å². The molecule has 0 aliphatic heterocycles. The Labute approximate surface area is 275 Å². The molecule has 0 saturated heterocycles.